The van der Waals surface area contributed by atoms with Crippen LogP contribution < -0.4 is 10.1 Å². The maximum atomic E-state index is 13.1. The molecule has 5 heteroatoms. The predicted octanol–water partition coefficient (Wildman–Crippen LogP) is 4.17. The first-order chi connectivity index (χ1) is 15.0. The van der Waals surface area contributed by atoms with E-state index in [9.17, 15) is 9.59 Å². The normalized spacial score (nSPS) is 18.8. The Kier molecular flexibility index (Phi) is 6.30. The number of carbonyl (C=O) groups is 2. The first kappa shape index (κ1) is 21.4. The molecule has 0 saturated heterocycles. The lowest BCUT2D eigenvalue weighted by atomic mass is 9.87. The van der Waals surface area contributed by atoms with Crippen molar-refractivity contribution in [3.8, 4) is 5.75 Å². The molecule has 1 aliphatic carbocycles. The Balaban J connectivity index is 1.66. The van der Waals surface area contributed by atoms with E-state index in [4.69, 9.17) is 4.74 Å². The fourth-order valence-corrected chi connectivity index (χ4v) is 4.32. The first-order valence-corrected chi connectivity index (χ1v) is 11.4. The van der Waals surface area contributed by atoms with E-state index >= 15 is 0 Å². The van der Waals surface area contributed by atoms with Gasteiger partial charge in [-0.3, -0.25) is 9.59 Å². The van der Waals surface area contributed by atoms with Crippen molar-refractivity contribution in [2.24, 2.45) is 5.92 Å². The average molecular weight is 421 g/mol. The van der Waals surface area contributed by atoms with Gasteiger partial charge < -0.3 is 15.0 Å². The molecule has 5 nitrogen and oxygen atoms in total. The summed E-state index contributed by atoms with van der Waals surface area (Å²) in [5.41, 5.74) is 4.64. The van der Waals surface area contributed by atoms with Crippen molar-refractivity contribution in [3.63, 3.8) is 0 Å². The quantitative estimate of drug-likeness (QED) is 0.731. The van der Waals surface area contributed by atoms with Crippen molar-refractivity contribution >= 4 is 11.8 Å². The fraction of sp³-hybridized carbons (Fsp3) is 0.462. The fourth-order valence-electron chi connectivity index (χ4n) is 4.32. The number of nitrogens with one attached hydrogen (secondary N) is 1. The van der Waals surface area contributed by atoms with E-state index in [-0.39, 0.29) is 23.8 Å². The van der Waals surface area contributed by atoms with Crippen molar-refractivity contribution in [1.82, 2.24) is 10.2 Å². The molecule has 164 valence electrons. The lowest BCUT2D eigenvalue weighted by Crippen LogP contribution is -2.41. The number of amides is 2. The van der Waals surface area contributed by atoms with Gasteiger partial charge in [-0.2, -0.15) is 0 Å². The standard InChI is InChI=1S/C26H32N2O3/c1-4-13-27-25(29)18(3)31-22-11-10-19-12-14-28(26(30)20-8-9-20)24(23(19)16-22)21-7-5-6-17(2)15-21/h5-7,10-11,15-16,18,20,24H,4,8-9,12-14H2,1-3H3,(H,27,29)/t18-,24+/m0/s1. The Morgan fingerprint density at radius 3 is 2.71 bits per heavy atom. The van der Waals surface area contributed by atoms with E-state index < -0.39 is 6.10 Å². The number of benzene rings is 2. The number of rotatable bonds is 7. The molecule has 0 bridgehead atoms. The zero-order valence-corrected chi connectivity index (χ0v) is 18.7. The Morgan fingerprint density at radius 2 is 2.00 bits per heavy atom. The molecular formula is C26H32N2O3. The van der Waals surface area contributed by atoms with Crippen LogP contribution in [0.15, 0.2) is 42.5 Å². The summed E-state index contributed by atoms with van der Waals surface area (Å²) in [5.74, 6) is 0.989. The van der Waals surface area contributed by atoms with Crippen LogP contribution in [-0.2, 0) is 16.0 Å². The average Bonchev–Trinajstić information content (AvgIpc) is 3.61. The summed E-state index contributed by atoms with van der Waals surface area (Å²) in [4.78, 5) is 27.4. The largest absolute Gasteiger partial charge is 0.481 e. The third kappa shape index (κ3) is 4.76. The van der Waals surface area contributed by atoms with Crippen molar-refractivity contribution in [2.45, 2.75) is 58.6 Å². The number of fused-ring (bicyclic) bond motifs is 1. The lowest BCUT2D eigenvalue weighted by Gasteiger charge is -2.38. The topological polar surface area (TPSA) is 58.6 Å². The predicted molar refractivity (Wildman–Crippen MR) is 121 cm³/mol. The first-order valence-electron chi connectivity index (χ1n) is 11.4. The van der Waals surface area contributed by atoms with Crippen LogP contribution in [0, 0.1) is 12.8 Å². The molecule has 1 aliphatic heterocycles. The molecule has 2 aliphatic rings. The highest BCUT2D eigenvalue weighted by molar-refractivity contribution is 5.82. The van der Waals surface area contributed by atoms with Crippen molar-refractivity contribution in [2.75, 3.05) is 13.1 Å². The number of aryl methyl sites for hydroxylation is 1. The summed E-state index contributed by atoms with van der Waals surface area (Å²) in [7, 11) is 0. The molecule has 0 aromatic heterocycles. The van der Waals surface area contributed by atoms with Gasteiger partial charge in [-0.25, -0.2) is 0 Å². The lowest BCUT2D eigenvalue weighted by molar-refractivity contribution is -0.134. The number of hydrogen-bond acceptors (Lipinski definition) is 3. The summed E-state index contributed by atoms with van der Waals surface area (Å²) >= 11 is 0. The van der Waals surface area contributed by atoms with Gasteiger partial charge in [0.15, 0.2) is 6.10 Å². The maximum Gasteiger partial charge on any atom is 0.260 e. The van der Waals surface area contributed by atoms with Crippen LogP contribution in [0.2, 0.25) is 0 Å². The zero-order chi connectivity index (χ0) is 22.0. The minimum Gasteiger partial charge on any atom is -0.481 e. The Bertz CT molecular complexity index is 967. The number of ether oxygens (including phenoxy) is 1. The molecule has 0 radical (unpaired) electrons. The third-order valence-electron chi connectivity index (χ3n) is 6.14. The van der Waals surface area contributed by atoms with Crippen molar-refractivity contribution in [1.29, 1.82) is 0 Å². The van der Waals surface area contributed by atoms with Gasteiger partial charge in [-0.15, -0.1) is 0 Å². The second kappa shape index (κ2) is 9.13. The summed E-state index contributed by atoms with van der Waals surface area (Å²) in [6.07, 6.45) is 3.14. The molecule has 1 N–H and O–H groups in total. The molecule has 0 unspecified atom stereocenters. The number of hydrogen-bond donors (Lipinski definition) is 1. The third-order valence-corrected chi connectivity index (χ3v) is 6.14. The summed E-state index contributed by atoms with van der Waals surface area (Å²) < 4.78 is 5.99. The molecule has 2 aromatic carbocycles. The van der Waals surface area contributed by atoms with Crippen molar-refractivity contribution < 1.29 is 14.3 Å². The highest BCUT2D eigenvalue weighted by atomic mass is 16.5. The molecule has 1 heterocycles. The summed E-state index contributed by atoms with van der Waals surface area (Å²) in [5, 5.41) is 2.88. The number of carbonyl (C=O) groups excluding carboxylic acids is 2. The van der Waals surface area contributed by atoms with Crippen molar-refractivity contribution in [3.05, 3.63) is 64.7 Å². The van der Waals surface area contributed by atoms with Crippen LogP contribution in [0.1, 0.15) is 61.4 Å². The van der Waals surface area contributed by atoms with E-state index in [0.29, 0.717) is 12.3 Å². The van der Waals surface area contributed by atoms with Gasteiger partial charge in [0.05, 0.1) is 6.04 Å². The highest BCUT2D eigenvalue weighted by Gasteiger charge is 2.39. The van der Waals surface area contributed by atoms with E-state index in [1.54, 1.807) is 6.92 Å². The SMILES string of the molecule is CCCNC(=O)[C@H](C)Oc1ccc2c(c1)[C@@H](c1cccc(C)c1)N(C(=O)C1CC1)CC2. The molecule has 4 rings (SSSR count). The second-order valence-electron chi connectivity index (χ2n) is 8.78. The zero-order valence-electron chi connectivity index (χ0n) is 18.7. The molecule has 2 atom stereocenters. The minimum atomic E-state index is -0.574. The smallest absolute Gasteiger partial charge is 0.260 e. The monoisotopic (exact) mass is 420 g/mol. The Labute approximate surface area is 184 Å². The molecule has 2 aromatic rings. The molecular weight excluding hydrogens is 388 g/mol. The Morgan fingerprint density at radius 1 is 1.19 bits per heavy atom. The van der Waals surface area contributed by atoms with Crippen LogP contribution in [0.3, 0.4) is 0 Å². The van der Waals surface area contributed by atoms with E-state index in [2.05, 4.69) is 47.5 Å². The van der Waals surface area contributed by atoms with Crippen LogP contribution in [-0.4, -0.2) is 35.9 Å². The Hall–Kier alpha value is -2.82. The van der Waals surface area contributed by atoms with Gasteiger partial charge >= 0.3 is 0 Å². The molecule has 31 heavy (non-hydrogen) atoms. The van der Waals surface area contributed by atoms with Crippen LogP contribution >= 0.6 is 0 Å². The van der Waals surface area contributed by atoms with Gasteiger partial charge in [0.1, 0.15) is 5.75 Å². The minimum absolute atomic E-state index is 0.111. The van der Waals surface area contributed by atoms with Crippen LogP contribution in [0.5, 0.6) is 5.75 Å². The number of nitrogens with zero attached hydrogens (tertiary/aromatic N) is 1. The molecule has 1 saturated carbocycles. The van der Waals surface area contributed by atoms with E-state index in [1.165, 1.54) is 11.1 Å². The van der Waals surface area contributed by atoms with Gasteiger partial charge in [0.25, 0.3) is 5.91 Å². The molecule has 1 fully saturated rings. The molecule has 0 spiro atoms. The van der Waals surface area contributed by atoms with Gasteiger partial charge in [0.2, 0.25) is 5.91 Å². The van der Waals surface area contributed by atoms with E-state index in [1.807, 2.05) is 19.1 Å². The van der Waals surface area contributed by atoms with Gasteiger partial charge in [0, 0.05) is 19.0 Å². The van der Waals surface area contributed by atoms with Crippen LogP contribution in [0.25, 0.3) is 0 Å². The summed E-state index contributed by atoms with van der Waals surface area (Å²) in [6.45, 7) is 7.25. The maximum absolute atomic E-state index is 13.1. The molecule has 2 amide bonds. The van der Waals surface area contributed by atoms with Gasteiger partial charge in [-0.1, -0.05) is 42.8 Å². The highest BCUT2D eigenvalue weighted by Crippen LogP contribution is 2.41. The summed E-state index contributed by atoms with van der Waals surface area (Å²) in [6, 6.07) is 14.3. The van der Waals surface area contributed by atoms with E-state index in [0.717, 1.165) is 43.4 Å². The van der Waals surface area contributed by atoms with Gasteiger partial charge in [-0.05, 0) is 68.4 Å². The van der Waals surface area contributed by atoms with Crippen LogP contribution in [0.4, 0.5) is 0 Å². The second-order valence-corrected chi connectivity index (χ2v) is 8.78.